The second-order valence-electron chi connectivity index (χ2n) is 9.60. The lowest BCUT2D eigenvalue weighted by molar-refractivity contribution is -0.154. The summed E-state index contributed by atoms with van der Waals surface area (Å²) in [7, 11) is 0. The van der Waals surface area contributed by atoms with Gasteiger partial charge in [-0.15, -0.1) is 24.9 Å². The van der Waals surface area contributed by atoms with Gasteiger partial charge in [0.25, 0.3) is 0 Å². The number of halogens is 1. The third kappa shape index (κ3) is 4.85. The Bertz CT molecular complexity index is 808. The van der Waals surface area contributed by atoms with Crippen molar-refractivity contribution in [1.82, 2.24) is 9.80 Å². The van der Waals surface area contributed by atoms with Crippen LogP contribution in [-0.2, 0) is 19.1 Å². The van der Waals surface area contributed by atoms with E-state index in [9.17, 15) is 19.5 Å². The van der Waals surface area contributed by atoms with Gasteiger partial charge in [-0.05, 0) is 46.0 Å². The standard InChI is InChI=1S/C25H37BrN2O5S/c1-5-7-10-14-33-24(32)18-19-22(30)28(12-8-9-13-29)21(23(31)27(11-6-2)16(3)4)25(19)15-17(26)20(18)34-25/h5-6,16-21,29H,1-2,7-15H2,3-4H3/t17?,18-,19-,20-,21?,25?/m0/s1. The van der Waals surface area contributed by atoms with E-state index in [0.29, 0.717) is 45.4 Å². The van der Waals surface area contributed by atoms with Gasteiger partial charge < -0.3 is 19.6 Å². The molecule has 6 atom stereocenters. The first-order chi connectivity index (χ1) is 16.2. The minimum absolute atomic E-state index is 0.0203. The number of amides is 2. The first-order valence-corrected chi connectivity index (χ1v) is 14.0. The van der Waals surface area contributed by atoms with Crippen LogP contribution in [0.4, 0.5) is 0 Å². The highest BCUT2D eigenvalue weighted by Crippen LogP contribution is 2.68. The normalized spacial score (nSPS) is 31.6. The Morgan fingerprint density at radius 1 is 1.32 bits per heavy atom. The third-order valence-corrected chi connectivity index (χ3v) is 10.4. The number of allylic oxidation sites excluding steroid dienone is 1. The second-order valence-corrected chi connectivity index (χ2v) is 12.3. The molecular weight excluding hydrogens is 520 g/mol. The molecule has 3 aliphatic heterocycles. The number of nitrogens with zero attached hydrogens (tertiary/aromatic N) is 2. The van der Waals surface area contributed by atoms with Crippen LogP contribution in [0.15, 0.2) is 25.3 Å². The highest BCUT2D eigenvalue weighted by molar-refractivity contribution is 9.09. The molecule has 3 rings (SSSR count). The van der Waals surface area contributed by atoms with E-state index in [2.05, 4.69) is 29.1 Å². The van der Waals surface area contributed by atoms with Crippen molar-refractivity contribution in [2.45, 2.75) is 72.9 Å². The maximum absolute atomic E-state index is 14.0. The number of fused-ring (bicyclic) bond motifs is 1. The van der Waals surface area contributed by atoms with E-state index in [0.717, 1.165) is 6.42 Å². The predicted octanol–water partition coefficient (Wildman–Crippen LogP) is 3.16. The number of carbonyl (C=O) groups is 3. The molecule has 0 aromatic rings. The summed E-state index contributed by atoms with van der Waals surface area (Å²) < 4.78 is 4.93. The molecule has 3 unspecified atom stereocenters. The van der Waals surface area contributed by atoms with E-state index >= 15 is 0 Å². The minimum Gasteiger partial charge on any atom is -0.465 e. The molecule has 2 bridgehead atoms. The van der Waals surface area contributed by atoms with Crippen molar-refractivity contribution in [1.29, 1.82) is 0 Å². The molecule has 3 aliphatic rings. The Balaban J connectivity index is 1.96. The number of alkyl halides is 1. The zero-order chi connectivity index (χ0) is 25.0. The predicted molar refractivity (Wildman–Crippen MR) is 138 cm³/mol. The molecule has 0 aromatic heterocycles. The Morgan fingerprint density at radius 3 is 2.68 bits per heavy atom. The van der Waals surface area contributed by atoms with Gasteiger partial charge in [-0.3, -0.25) is 14.4 Å². The van der Waals surface area contributed by atoms with Crippen LogP contribution in [0.3, 0.4) is 0 Å². The van der Waals surface area contributed by atoms with Gasteiger partial charge in [0, 0.05) is 35.8 Å². The van der Waals surface area contributed by atoms with E-state index < -0.39 is 22.6 Å². The number of hydrogen-bond acceptors (Lipinski definition) is 6. The molecule has 3 saturated heterocycles. The van der Waals surface area contributed by atoms with Crippen molar-refractivity contribution < 1.29 is 24.2 Å². The third-order valence-electron chi connectivity index (χ3n) is 7.13. The number of esters is 1. The molecule has 190 valence electrons. The molecule has 3 fully saturated rings. The molecule has 0 aromatic carbocycles. The molecule has 2 amide bonds. The van der Waals surface area contributed by atoms with Crippen LogP contribution in [0.25, 0.3) is 0 Å². The molecule has 0 saturated carbocycles. The number of ether oxygens (including phenoxy) is 1. The molecule has 1 N–H and O–H groups in total. The van der Waals surface area contributed by atoms with Crippen molar-refractivity contribution >= 4 is 45.5 Å². The van der Waals surface area contributed by atoms with E-state index in [4.69, 9.17) is 4.74 Å². The summed E-state index contributed by atoms with van der Waals surface area (Å²) in [6.07, 6.45) is 6.74. The number of aliphatic hydroxyl groups is 1. The first-order valence-electron chi connectivity index (χ1n) is 12.2. The van der Waals surface area contributed by atoms with Gasteiger partial charge in [0.1, 0.15) is 6.04 Å². The maximum Gasteiger partial charge on any atom is 0.310 e. The zero-order valence-electron chi connectivity index (χ0n) is 20.2. The van der Waals surface area contributed by atoms with Crippen LogP contribution < -0.4 is 0 Å². The van der Waals surface area contributed by atoms with Gasteiger partial charge in [-0.2, -0.15) is 0 Å². The fourth-order valence-corrected chi connectivity index (χ4v) is 9.26. The van der Waals surface area contributed by atoms with Gasteiger partial charge in [0.05, 0.1) is 23.2 Å². The lowest BCUT2D eigenvalue weighted by atomic mass is 9.71. The van der Waals surface area contributed by atoms with Crippen LogP contribution in [0.1, 0.15) is 46.0 Å². The number of carbonyl (C=O) groups excluding carboxylic acids is 3. The number of aliphatic hydroxyl groups excluding tert-OH is 1. The molecular formula is C25H37BrN2O5S. The second kappa shape index (κ2) is 11.6. The zero-order valence-corrected chi connectivity index (χ0v) is 22.6. The number of rotatable bonds is 13. The summed E-state index contributed by atoms with van der Waals surface area (Å²) in [5.74, 6) is -1.74. The lowest BCUT2D eigenvalue weighted by Gasteiger charge is -2.39. The van der Waals surface area contributed by atoms with Crippen LogP contribution in [-0.4, -0.2) is 85.9 Å². The van der Waals surface area contributed by atoms with Gasteiger partial charge >= 0.3 is 5.97 Å². The Morgan fingerprint density at radius 2 is 2.06 bits per heavy atom. The lowest BCUT2D eigenvalue weighted by Crippen LogP contribution is -2.56. The summed E-state index contributed by atoms with van der Waals surface area (Å²) in [5, 5.41) is 9.17. The summed E-state index contributed by atoms with van der Waals surface area (Å²) in [6.45, 7) is 12.5. The Labute approximate surface area is 215 Å². The number of unbranched alkanes of at least 4 members (excludes halogenated alkanes) is 2. The fourth-order valence-electron chi connectivity index (χ4n) is 5.66. The van der Waals surface area contributed by atoms with Crippen LogP contribution in [0.2, 0.25) is 0 Å². The van der Waals surface area contributed by atoms with Gasteiger partial charge in [0.2, 0.25) is 11.8 Å². The van der Waals surface area contributed by atoms with E-state index in [1.807, 2.05) is 13.8 Å². The molecule has 1 spiro atoms. The highest BCUT2D eigenvalue weighted by Gasteiger charge is 2.76. The van der Waals surface area contributed by atoms with Crippen LogP contribution >= 0.6 is 27.7 Å². The maximum atomic E-state index is 14.0. The molecule has 7 nitrogen and oxygen atoms in total. The average molecular weight is 558 g/mol. The minimum atomic E-state index is -0.675. The largest absolute Gasteiger partial charge is 0.465 e. The van der Waals surface area contributed by atoms with E-state index in [-0.39, 0.29) is 40.5 Å². The van der Waals surface area contributed by atoms with Crippen LogP contribution in [0.5, 0.6) is 0 Å². The number of hydrogen-bond donors (Lipinski definition) is 1. The van der Waals surface area contributed by atoms with Gasteiger partial charge in [0.15, 0.2) is 0 Å². The Hall–Kier alpha value is -1.32. The monoisotopic (exact) mass is 556 g/mol. The first kappa shape index (κ1) is 27.3. The summed E-state index contributed by atoms with van der Waals surface area (Å²) >= 11 is 5.38. The molecule has 0 aliphatic carbocycles. The van der Waals surface area contributed by atoms with E-state index in [1.165, 1.54) is 0 Å². The highest BCUT2D eigenvalue weighted by atomic mass is 79.9. The SMILES string of the molecule is C=CCCCOC(=O)[C@H]1[C@H]2C(=O)N(CCCCO)C(C(=O)N(CC=C)C(C)C)C23CC(Br)[C@@H]1S3. The number of likely N-dealkylation sites (tertiary alicyclic amines) is 1. The summed E-state index contributed by atoms with van der Waals surface area (Å²) in [6, 6.07) is -0.705. The summed E-state index contributed by atoms with van der Waals surface area (Å²) in [4.78, 5) is 44.5. The fraction of sp³-hybridized carbons (Fsp3) is 0.720. The Kier molecular flexibility index (Phi) is 9.31. The molecule has 3 heterocycles. The van der Waals surface area contributed by atoms with Crippen molar-refractivity contribution in [2.75, 3.05) is 26.3 Å². The average Bonchev–Trinajstić information content (AvgIpc) is 3.38. The quantitative estimate of drug-likeness (QED) is 0.162. The van der Waals surface area contributed by atoms with E-state index in [1.54, 1.807) is 33.7 Å². The topological polar surface area (TPSA) is 87.1 Å². The molecule has 9 heteroatoms. The van der Waals surface area contributed by atoms with Crippen molar-refractivity contribution in [2.24, 2.45) is 11.8 Å². The van der Waals surface area contributed by atoms with Crippen molar-refractivity contribution in [3.05, 3.63) is 25.3 Å². The van der Waals surface area contributed by atoms with Crippen LogP contribution in [0, 0.1) is 11.8 Å². The molecule has 0 radical (unpaired) electrons. The molecule has 34 heavy (non-hydrogen) atoms. The summed E-state index contributed by atoms with van der Waals surface area (Å²) in [5.41, 5.74) is 0. The van der Waals surface area contributed by atoms with Crippen molar-refractivity contribution in [3.63, 3.8) is 0 Å². The smallest absolute Gasteiger partial charge is 0.310 e. The van der Waals surface area contributed by atoms with Gasteiger partial charge in [-0.25, -0.2) is 0 Å². The van der Waals surface area contributed by atoms with Crippen molar-refractivity contribution in [3.8, 4) is 0 Å². The van der Waals surface area contributed by atoms with Gasteiger partial charge in [-0.1, -0.05) is 28.1 Å². The number of thioether (sulfide) groups is 1.